The predicted octanol–water partition coefficient (Wildman–Crippen LogP) is 2.37. The Morgan fingerprint density at radius 1 is 1.60 bits per heavy atom. The number of hydrogen-bond donors (Lipinski definition) is 1. The fraction of sp³-hybridized carbons (Fsp3) is 0.333. The second-order valence-electron chi connectivity index (χ2n) is 1.99. The van der Waals surface area contributed by atoms with Crippen molar-refractivity contribution >= 4 is 0 Å². The lowest BCUT2D eigenvalue weighted by Gasteiger charge is -2.02. The molecule has 0 heterocycles. The van der Waals surface area contributed by atoms with Crippen molar-refractivity contribution in [2.45, 2.75) is 20.3 Å². The first-order chi connectivity index (χ1) is 4.79. The van der Waals surface area contributed by atoms with Crippen LogP contribution in [0.5, 0.6) is 0 Å². The molecule has 0 fully saturated rings. The quantitative estimate of drug-likeness (QED) is 0.594. The molecule has 0 radical (unpaired) electrons. The summed E-state index contributed by atoms with van der Waals surface area (Å²) in [5.74, 6) is 0. The van der Waals surface area contributed by atoms with Crippen LogP contribution in [0.15, 0.2) is 36.1 Å². The molecule has 0 aliphatic carbocycles. The van der Waals surface area contributed by atoms with Crippen LogP contribution in [-0.4, -0.2) is 0 Å². The molecule has 56 valence electrons. The van der Waals surface area contributed by atoms with Gasteiger partial charge in [-0.25, -0.2) is 0 Å². The molecular formula is C9H15N. The maximum absolute atomic E-state index is 5.36. The minimum Gasteiger partial charge on any atom is -0.404 e. The van der Waals surface area contributed by atoms with Gasteiger partial charge in [-0.1, -0.05) is 25.7 Å². The molecule has 0 amide bonds. The summed E-state index contributed by atoms with van der Waals surface area (Å²) in [5, 5.41) is 0. The molecule has 0 saturated heterocycles. The summed E-state index contributed by atoms with van der Waals surface area (Å²) < 4.78 is 0. The predicted molar refractivity (Wildman–Crippen MR) is 46.5 cm³/mol. The molecule has 0 rings (SSSR count). The molecule has 0 saturated carbocycles. The Kier molecular flexibility index (Phi) is 4.38. The van der Waals surface area contributed by atoms with Crippen molar-refractivity contribution in [3.05, 3.63) is 36.1 Å². The standard InChI is InChI=1S/C9H15N/c1-4-8(5-2)9(6-3)7-10/h4,6-7H,3,5,10H2,1-2H3/b8-4+,9-7+. The highest BCUT2D eigenvalue weighted by molar-refractivity contribution is 5.37. The van der Waals surface area contributed by atoms with Crippen molar-refractivity contribution in [1.82, 2.24) is 0 Å². The summed E-state index contributed by atoms with van der Waals surface area (Å²) in [6.45, 7) is 7.76. The molecule has 1 heteroatoms. The van der Waals surface area contributed by atoms with Crippen molar-refractivity contribution < 1.29 is 0 Å². The largest absolute Gasteiger partial charge is 0.404 e. The van der Waals surface area contributed by atoms with Gasteiger partial charge < -0.3 is 5.73 Å². The van der Waals surface area contributed by atoms with Crippen molar-refractivity contribution in [3.63, 3.8) is 0 Å². The van der Waals surface area contributed by atoms with Crippen LogP contribution in [0.25, 0.3) is 0 Å². The molecule has 0 aliphatic rings. The van der Waals surface area contributed by atoms with Crippen LogP contribution >= 0.6 is 0 Å². The maximum atomic E-state index is 5.36. The Morgan fingerprint density at radius 3 is 2.30 bits per heavy atom. The molecule has 0 aliphatic heterocycles. The Balaban J connectivity index is 4.42. The third-order valence-corrected chi connectivity index (χ3v) is 1.50. The zero-order valence-electron chi connectivity index (χ0n) is 6.72. The van der Waals surface area contributed by atoms with Gasteiger partial charge in [-0.2, -0.15) is 0 Å². The topological polar surface area (TPSA) is 26.0 Å². The summed E-state index contributed by atoms with van der Waals surface area (Å²) in [4.78, 5) is 0. The molecule has 1 nitrogen and oxygen atoms in total. The highest BCUT2D eigenvalue weighted by atomic mass is 14.5. The number of allylic oxidation sites excluding steroid dienone is 4. The number of rotatable bonds is 3. The normalized spacial score (nSPS) is 13.4. The van der Waals surface area contributed by atoms with Crippen LogP contribution in [0.2, 0.25) is 0 Å². The first-order valence-corrected chi connectivity index (χ1v) is 3.50. The van der Waals surface area contributed by atoms with Crippen molar-refractivity contribution in [1.29, 1.82) is 0 Å². The Morgan fingerprint density at radius 2 is 2.20 bits per heavy atom. The van der Waals surface area contributed by atoms with Gasteiger partial charge in [0, 0.05) is 6.20 Å². The number of hydrogen-bond acceptors (Lipinski definition) is 1. The second-order valence-corrected chi connectivity index (χ2v) is 1.99. The molecule has 0 unspecified atom stereocenters. The van der Waals surface area contributed by atoms with Crippen LogP contribution in [-0.2, 0) is 0 Å². The summed E-state index contributed by atoms with van der Waals surface area (Å²) in [6, 6.07) is 0. The molecule has 0 aromatic heterocycles. The highest BCUT2D eigenvalue weighted by Crippen LogP contribution is 2.12. The van der Waals surface area contributed by atoms with E-state index < -0.39 is 0 Å². The minimum absolute atomic E-state index is 1.01. The lowest BCUT2D eigenvalue weighted by atomic mass is 10.1. The van der Waals surface area contributed by atoms with E-state index >= 15 is 0 Å². The molecule has 10 heavy (non-hydrogen) atoms. The molecule has 0 bridgehead atoms. The van der Waals surface area contributed by atoms with Gasteiger partial charge >= 0.3 is 0 Å². The van der Waals surface area contributed by atoms with Gasteiger partial charge in [-0.05, 0) is 24.5 Å². The smallest absolute Gasteiger partial charge is 0.00139 e. The fourth-order valence-corrected chi connectivity index (χ4v) is 0.881. The lowest BCUT2D eigenvalue weighted by Crippen LogP contribution is -1.89. The zero-order valence-corrected chi connectivity index (χ0v) is 6.72. The first kappa shape index (κ1) is 9.02. The molecule has 0 aromatic carbocycles. The Hall–Kier alpha value is -0.980. The summed E-state index contributed by atoms with van der Waals surface area (Å²) in [6.07, 6.45) is 6.43. The van der Waals surface area contributed by atoms with Gasteiger partial charge in [0.1, 0.15) is 0 Å². The van der Waals surface area contributed by atoms with Crippen LogP contribution < -0.4 is 5.73 Å². The fourth-order valence-electron chi connectivity index (χ4n) is 0.881. The second kappa shape index (κ2) is 4.86. The molecule has 0 aromatic rings. The average Bonchev–Trinajstić information content (AvgIpc) is 2.00. The van der Waals surface area contributed by atoms with E-state index in [1.165, 1.54) is 5.57 Å². The van der Waals surface area contributed by atoms with E-state index in [-0.39, 0.29) is 0 Å². The highest BCUT2D eigenvalue weighted by Gasteiger charge is 1.94. The van der Waals surface area contributed by atoms with Gasteiger partial charge in [0.15, 0.2) is 0 Å². The maximum Gasteiger partial charge on any atom is 0.00139 e. The Labute approximate surface area is 62.9 Å². The molecule has 2 N–H and O–H groups in total. The summed E-state index contributed by atoms with van der Waals surface area (Å²) in [7, 11) is 0. The molecule has 0 atom stereocenters. The van der Waals surface area contributed by atoms with Gasteiger partial charge in [0.2, 0.25) is 0 Å². The van der Waals surface area contributed by atoms with E-state index in [0.717, 1.165) is 12.0 Å². The van der Waals surface area contributed by atoms with Crippen molar-refractivity contribution in [3.8, 4) is 0 Å². The van der Waals surface area contributed by atoms with Crippen LogP contribution in [0, 0.1) is 0 Å². The third kappa shape index (κ3) is 2.09. The van der Waals surface area contributed by atoms with E-state index in [9.17, 15) is 0 Å². The van der Waals surface area contributed by atoms with Gasteiger partial charge in [0.25, 0.3) is 0 Å². The summed E-state index contributed by atoms with van der Waals surface area (Å²) in [5.41, 5.74) is 7.64. The van der Waals surface area contributed by atoms with Crippen LogP contribution in [0.3, 0.4) is 0 Å². The van der Waals surface area contributed by atoms with Crippen molar-refractivity contribution in [2.75, 3.05) is 0 Å². The van der Waals surface area contributed by atoms with Crippen molar-refractivity contribution in [2.24, 2.45) is 5.73 Å². The van der Waals surface area contributed by atoms with Gasteiger partial charge in [-0.3, -0.25) is 0 Å². The monoisotopic (exact) mass is 137 g/mol. The molecular weight excluding hydrogens is 122 g/mol. The molecule has 0 spiro atoms. The van der Waals surface area contributed by atoms with E-state index in [1.807, 2.05) is 6.92 Å². The van der Waals surface area contributed by atoms with E-state index in [1.54, 1.807) is 12.3 Å². The average molecular weight is 137 g/mol. The van der Waals surface area contributed by atoms with E-state index in [2.05, 4.69) is 19.6 Å². The van der Waals surface area contributed by atoms with Gasteiger partial charge in [-0.15, -0.1) is 0 Å². The van der Waals surface area contributed by atoms with E-state index in [0.29, 0.717) is 0 Å². The SMILES string of the molecule is C=CC(=C\N)/C(=C/C)CC. The van der Waals surface area contributed by atoms with Crippen LogP contribution in [0.4, 0.5) is 0 Å². The third-order valence-electron chi connectivity index (χ3n) is 1.50. The van der Waals surface area contributed by atoms with Crippen LogP contribution in [0.1, 0.15) is 20.3 Å². The van der Waals surface area contributed by atoms with E-state index in [4.69, 9.17) is 5.73 Å². The summed E-state index contributed by atoms with van der Waals surface area (Å²) >= 11 is 0. The minimum atomic E-state index is 1.01. The first-order valence-electron chi connectivity index (χ1n) is 3.50. The van der Waals surface area contributed by atoms with Gasteiger partial charge in [0.05, 0.1) is 0 Å². The Bertz CT molecular complexity index is 164. The zero-order chi connectivity index (χ0) is 7.98. The lowest BCUT2D eigenvalue weighted by molar-refractivity contribution is 1.11. The number of nitrogens with two attached hydrogens (primary N) is 1.